The van der Waals surface area contributed by atoms with Crippen LogP contribution in [0.15, 0.2) is 49.3 Å². The van der Waals surface area contributed by atoms with Crippen molar-refractivity contribution in [1.82, 2.24) is 24.8 Å². The van der Waals surface area contributed by atoms with E-state index in [-0.39, 0.29) is 30.4 Å². The molecule has 1 saturated heterocycles. The van der Waals surface area contributed by atoms with Gasteiger partial charge in [0, 0.05) is 47.8 Å². The number of amides is 2. The van der Waals surface area contributed by atoms with Crippen molar-refractivity contribution in [2.24, 2.45) is 0 Å². The molecule has 2 fully saturated rings. The van der Waals surface area contributed by atoms with Crippen LogP contribution in [0.25, 0.3) is 22.2 Å². The first-order chi connectivity index (χ1) is 16.5. The number of piperazine rings is 1. The van der Waals surface area contributed by atoms with E-state index in [0.717, 1.165) is 42.1 Å². The Balaban J connectivity index is 1.29. The van der Waals surface area contributed by atoms with Crippen LogP contribution in [0.1, 0.15) is 25.7 Å². The molecule has 2 aromatic heterocycles. The third kappa shape index (κ3) is 4.37. The number of anilines is 1. The van der Waals surface area contributed by atoms with Gasteiger partial charge in [-0.3, -0.25) is 9.59 Å². The Morgan fingerprint density at radius 3 is 2.94 bits per heavy atom. The van der Waals surface area contributed by atoms with E-state index >= 15 is 0 Å². The lowest BCUT2D eigenvalue weighted by Crippen LogP contribution is -2.56. The summed E-state index contributed by atoms with van der Waals surface area (Å²) in [6, 6.07) is 8.32. The van der Waals surface area contributed by atoms with Crippen LogP contribution in [-0.2, 0) is 9.59 Å². The van der Waals surface area contributed by atoms with Gasteiger partial charge in [0.05, 0.1) is 16.9 Å². The number of rotatable bonds is 5. The smallest absolute Gasteiger partial charge is 0.246 e. The normalized spacial score (nSPS) is 21.0. The summed E-state index contributed by atoms with van der Waals surface area (Å²) in [5.74, 6) is 0.335. The number of carbonyl (C=O) groups excluding carboxylic acids is 2. The first-order valence-electron chi connectivity index (χ1n) is 11.6. The minimum atomic E-state index is -0.193. The number of para-hydroxylation sites is 1. The third-order valence-corrected chi connectivity index (χ3v) is 7.03. The van der Waals surface area contributed by atoms with Crippen molar-refractivity contribution in [3.05, 3.63) is 54.3 Å². The van der Waals surface area contributed by atoms with Gasteiger partial charge in [-0.05, 0) is 37.8 Å². The number of carbonyl (C=O) groups is 2. The van der Waals surface area contributed by atoms with Gasteiger partial charge in [0.15, 0.2) is 0 Å². The summed E-state index contributed by atoms with van der Waals surface area (Å²) in [5, 5.41) is 5.02. The van der Waals surface area contributed by atoms with Crippen LogP contribution in [0.5, 0.6) is 0 Å². The second-order valence-electron chi connectivity index (χ2n) is 8.85. The Bertz CT molecular complexity index is 1240. The Labute approximate surface area is 203 Å². The van der Waals surface area contributed by atoms with Crippen molar-refractivity contribution in [3.8, 4) is 11.3 Å². The number of H-pyrrole nitrogens is 1. The van der Waals surface area contributed by atoms with Crippen molar-refractivity contribution < 1.29 is 9.59 Å². The molecular weight excluding hydrogens is 452 g/mol. The molecule has 3 heterocycles. The first-order valence-corrected chi connectivity index (χ1v) is 12.0. The minimum Gasteiger partial charge on any atom is -0.360 e. The number of hydrogen-bond donors (Lipinski definition) is 2. The molecule has 1 aliphatic carbocycles. The molecule has 2 aliphatic rings. The van der Waals surface area contributed by atoms with E-state index in [1.165, 1.54) is 6.08 Å². The number of halogens is 1. The highest BCUT2D eigenvalue weighted by Crippen LogP contribution is 2.33. The van der Waals surface area contributed by atoms with Crippen LogP contribution in [0.2, 0.25) is 5.02 Å². The monoisotopic (exact) mass is 478 g/mol. The summed E-state index contributed by atoms with van der Waals surface area (Å²) in [6.45, 7) is 4.73. The van der Waals surface area contributed by atoms with Gasteiger partial charge in [0.2, 0.25) is 17.8 Å². The van der Waals surface area contributed by atoms with Gasteiger partial charge in [-0.15, -0.1) is 0 Å². The lowest BCUT2D eigenvalue weighted by molar-refractivity contribution is -0.145. The van der Waals surface area contributed by atoms with Crippen molar-refractivity contribution in [2.75, 3.05) is 25.0 Å². The van der Waals surface area contributed by atoms with Crippen molar-refractivity contribution in [2.45, 2.75) is 37.8 Å². The minimum absolute atomic E-state index is 0.00327. The van der Waals surface area contributed by atoms with Crippen LogP contribution in [0.4, 0.5) is 5.95 Å². The number of fused-ring (bicyclic) bond motifs is 1. The van der Waals surface area contributed by atoms with Gasteiger partial charge in [-0.25, -0.2) is 9.97 Å². The zero-order valence-corrected chi connectivity index (χ0v) is 19.6. The van der Waals surface area contributed by atoms with E-state index < -0.39 is 0 Å². The van der Waals surface area contributed by atoms with Crippen molar-refractivity contribution in [3.63, 3.8) is 0 Å². The van der Waals surface area contributed by atoms with Gasteiger partial charge in [0.25, 0.3) is 0 Å². The van der Waals surface area contributed by atoms with Crippen LogP contribution in [0.3, 0.4) is 0 Å². The van der Waals surface area contributed by atoms with Gasteiger partial charge < -0.3 is 20.1 Å². The SMILES string of the molecule is C=CC(=O)N1CCN([C@H]2CCC[C@@H](Nc3ncc(Cl)c(-c4c[nH]c5ccccc45)n3)C2)C(=O)C1. The van der Waals surface area contributed by atoms with E-state index in [2.05, 4.69) is 21.9 Å². The molecule has 0 spiro atoms. The molecule has 2 N–H and O–H groups in total. The number of aromatic amines is 1. The van der Waals surface area contributed by atoms with Crippen LogP contribution < -0.4 is 5.32 Å². The largest absolute Gasteiger partial charge is 0.360 e. The van der Waals surface area contributed by atoms with Crippen LogP contribution in [0, 0.1) is 0 Å². The van der Waals surface area contributed by atoms with Gasteiger partial charge in [-0.2, -0.15) is 0 Å². The Morgan fingerprint density at radius 2 is 2.12 bits per heavy atom. The van der Waals surface area contributed by atoms with Crippen LogP contribution >= 0.6 is 11.6 Å². The first kappa shape index (κ1) is 22.4. The Kier molecular flexibility index (Phi) is 6.24. The average Bonchev–Trinajstić information content (AvgIpc) is 3.29. The zero-order chi connectivity index (χ0) is 23.7. The highest BCUT2D eigenvalue weighted by molar-refractivity contribution is 6.33. The molecule has 0 radical (unpaired) electrons. The molecule has 9 heteroatoms. The molecule has 3 aromatic rings. The van der Waals surface area contributed by atoms with Gasteiger partial charge >= 0.3 is 0 Å². The molecule has 176 valence electrons. The molecular formula is C25H27ClN6O2. The van der Waals surface area contributed by atoms with E-state index in [1.54, 1.807) is 11.1 Å². The second-order valence-corrected chi connectivity index (χ2v) is 9.26. The molecule has 1 saturated carbocycles. The quantitative estimate of drug-likeness (QED) is 0.543. The van der Waals surface area contributed by atoms with Gasteiger partial charge in [-0.1, -0.05) is 36.4 Å². The lowest BCUT2D eigenvalue weighted by Gasteiger charge is -2.42. The molecule has 0 bridgehead atoms. The zero-order valence-electron chi connectivity index (χ0n) is 18.8. The van der Waals surface area contributed by atoms with E-state index in [0.29, 0.717) is 29.8 Å². The van der Waals surface area contributed by atoms with Crippen molar-refractivity contribution in [1.29, 1.82) is 0 Å². The summed E-state index contributed by atoms with van der Waals surface area (Å²) in [5.41, 5.74) is 2.64. The molecule has 34 heavy (non-hydrogen) atoms. The molecule has 2 atom stereocenters. The molecule has 0 unspecified atom stereocenters. The number of hydrogen-bond acceptors (Lipinski definition) is 5. The fraction of sp³-hybridized carbons (Fsp3) is 0.360. The second kappa shape index (κ2) is 9.46. The maximum absolute atomic E-state index is 12.7. The lowest BCUT2D eigenvalue weighted by atomic mass is 9.89. The van der Waals surface area contributed by atoms with Crippen LogP contribution in [-0.4, -0.2) is 68.3 Å². The summed E-state index contributed by atoms with van der Waals surface area (Å²) >= 11 is 6.47. The summed E-state index contributed by atoms with van der Waals surface area (Å²) in [4.78, 5) is 40.5. The van der Waals surface area contributed by atoms with E-state index in [1.807, 2.05) is 35.4 Å². The van der Waals surface area contributed by atoms with E-state index in [9.17, 15) is 9.59 Å². The number of benzene rings is 1. The fourth-order valence-corrected chi connectivity index (χ4v) is 5.24. The predicted molar refractivity (Wildman–Crippen MR) is 132 cm³/mol. The van der Waals surface area contributed by atoms with Crippen molar-refractivity contribution >= 4 is 40.3 Å². The van der Waals surface area contributed by atoms with Gasteiger partial charge in [0.1, 0.15) is 6.54 Å². The average molecular weight is 479 g/mol. The molecule has 5 rings (SSSR count). The van der Waals surface area contributed by atoms with E-state index in [4.69, 9.17) is 16.6 Å². The number of nitrogens with one attached hydrogen (secondary N) is 2. The molecule has 1 aromatic carbocycles. The fourth-order valence-electron chi connectivity index (χ4n) is 5.04. The molecule has 8 nitrogen and oxygen atoms in total. The highest BCUT2D eigenvalue weighted by atomic mass is 35.5. The molecule has 2 amide bonds. The topological polar surface area (TPSA) is 94.2 Å². The Hall–Kier alpha value is -3.39. The molecule has 1 aliphatic heterocycles. The predicted octanol–water partition coefficient (Wildman–Crippen LogP) is 3.86. The maximum atomic E-state index is 12.7. The standard InChI is InChI=1S/C25H27ClN6O2/c1-2-22(33)31-10-11-32(23(34)15-31)17-7-5-6-16(12-17)29-25-28-14-20(26)24(30-25)19-13-27-21-9-4-3-8-18(19)21/h2-4,8-9,13-14,16-17,27H,1,5-7,10-12,15H2,(H,28,29,30)/t16-,17+/m1/s1. The number of nitrogens with zero attached hydrogens (tertiary/aromatic N) is 4. The number of aromatic nitrogens is 3. The summed E-state index contributed by atoms with van der Waals surface area (Å²) < 4.78 is 0. The maximum Gasteiger partial charge on any atom is 0.246 e. The summed E-state index contributed by atoms with van der Waals surface area (Å²) in [6.07, 6.45) is 8.57. The third-order valence-electron chi connectivity index (χ3n) is 6.75. The Morgan fingerprint density at radius 1 is 1.26 bits per heavy atom. The summed E-state index contributed by atoms with van der Waals surface area (Å²) in [7, 11) is 0. The highest BCUT2D eigenvalue weighted by Gasteiger charge is 2.34.